The molecule has 1 fully saturated rings. The lowest BCUT2D eigenvalue weighted by Crippen LogP contribution is -2.51. The number of morpholine rings is 1. The number of carbonyl (C=O) groups excluding carboxylic acids is 1. The highest BCUT2D eigenvalue weighted by Crippen LogP contribution is 2.26. The van der Waals surface area contributed by atoms with Crippen LogP contribution in [0, 0.1) is 0 Å². The SMILES string of the molecule is COc1ccc(C(=O)N2CCOC(C(C)N)C2)cc1Br. The molecular formula is C14H19BrN2O3. The lowest BCUT2D eigenvalue weighted by Gasteiger charge is -2.34. The number of benzene rings is 1. The number of amides is 1. The van der Waals surface area contributed by atoms with Gasteiger partial charge in [-0.2, -0.15) is 0 Å². The lowest BCUT2D eigenvalue weighted by atomic mass is 10.1. The molecule has 2 N–H and O–H groups in total. The maximum absolute atomic E-state index is 12.5. The molecule has 1 aromatic carbocycles. The Labute approximate surface area is 127 Å². The van der Waals surface area contributed by atoms with Crippen LogP contribution < -0.4 is 10.5 Å². The first-order chi connectivity index (χ1) is 9.52. The third-order valence-corrected chi connectivity index (χ3v) is 3.99. The molecule has 1 saturated heterocycles. The molecule has 0 aliphatic carbocycles. The fourth-order valence-electron chi connectivity index (χ4n) is 2.16. The van der Waals surface area contributed by atoms with E-state index in [1.54, 1.807) is 30.2 Å². The predicted octanol–water partition coefficient (Wildman–Crippen LogP) is 1.65. The van der Waals surface area contributed by atoms with E-state index in [0.29, 0.717) is 31.0 Å². The number of hydrogen-bond donors (Lipinski definition) is 1. The molecular weight excluding hydrogens is 324 g/mol. The zero-order chi connectivity index (χ0) is 14.7. The Morgan fingerprint density at radius 2 is 2.35 bits per heavy atom. The topological polar surface area (TPSA) is 64.8 Å². The van der Waals surface area contributed by atoms with Crippen molar-refractivity contribution in [2.75, 3.05) is 26.8 Å². The molecule has 20 heavy (non-hydrogen) atoms. The Balaban J connectivity index is 2.12. The molecule has 2 atom stereocenters. The summed E-state index contributed by atoms with van der Waals surface area (Å²) in [5.74, 6) is 0.694. The average Bonchev–Trinajstić information content (AvgIpc) is 2.46. The molecule has 2 unspecified atom stereocenters. The Hall–Kier alpha value is -1.11. The summed E-state index contributed by atoms with van der Waals surface area (Å²) in [6.45, 7) is 3.53. The lowest BCUT2D eigenvalue weighted by molar-refractivity contribution is -0.0300. The van der Waals surface area contributed by atoms with Crippen molar-refractivity contribution in [2.45, 2.75) is 19.1 Å². The van der Waals surface area contributed by atoms with Gasteiger partial charge in [-0.25, -0.2) is 0 Å². The highest BCUT2D eigenvalue weighted by Gasteiger charge is 2.27. The van der Waals surface area contributed by atoms with Gasteiger partial charge < -0.3 is 20.1 Å². The van der Waals surface area contributed by atoms with Crippen molar-refractivity contribution in [3.05, 3.63) is 28.2 Å². The number of methoxy groups -OCH3 is 1. The second kappa shape index (κ2) is 6.56. The van der Waals surface area contributed by atoms with E-state index >= 15 is 0 Å². The monoisotopic (exact) mass is 342 g/mol. The van der Waals surface area contributed by atoms with Gasteiger partial charge in [0.2, 0.25) is 0 Å². The summed E-state index contributed by atoms with van der Waals surface area (Å²) in [6, 6.07) is 5.23. The largest absolute Gasteiger partial charge is 0.496 e. The van der Waals surface area contributed by atoms with Gasteiger partial charge in [-0.3, -0.25) is 4.79 Å². The van der Waals surface area contributed by atoms with Crippen molar-refractivity contribution in [3.63, 3.8) is 0 Å². The number of nitrogens with zero attached hydrogens (tertiary/aromatic N) is 1. The van der Waals surface area contributed by atoms with E-state index in [2.05, 4.69) is 15.9 Å². The van der Waals surface area contributed by atoms with Crippen LogP contribution in [0.15, 0.2) is 22.7 Å². The number of ether oxygens (including phenoxy) is 2. The minimum absolute atomic E-state index is 0.0118. The molecule has 0 bridgehead atoms. The van der Waals surface area contributed by atoms with E-state index in [-0.39, 0.29) is 18.1 Å². The second-order valence-corrected chi connectivity index (χ2v) is 5.72. The molecule has 6 heteroatoms. The maximum atomic E-state index is 12.5. The van der Waals surface area contributed by atoms with Crippen molar-refractivity contribution in [3.8, 4) is 5.75 Å². The summed E-state index contributed by atoms with van der Waals surface area (Å²) in [7, 11) is 1.59. The first-order valence-electron chi connectivity index (χ1n) is 6.53. The van der Waals surface area contributed by atoms with Gasteiger partial charge in [0.05, 0.1) is 24.3 Å². The molecule has 0 aromatic heterocycles. The summed E-state index contributed by atoms with van der Waals surface area (Å²) in [6.07, 6.45) is -0.102. The van der Waals surface area contributed by atoms with Crippen LogP contribution in [0.1, 0.15) is 17.3 Å². The molecule has 1 amide bonds. The maximum Gasteiger partial charge on any atom is 0.254 e. The van der Waals surface area contributed by atoms with Gasteiger partial charge in [0.25, 0.3) is 5.91 Å². The van der Waals surface area contributed by atoms with Gasteiger partial charge in [0, 0.05) is 24.7 Å². The molecule has 1 aliphatic rings. The van der Waals surface area contributed by atoms with Gasteiger partial charge in [-0.15, -0.1) is 0 Å². The van der Waals surface area contributed by atoms with Crippen molar-refractivity contribution in [1.82, 2.24) is 4.90 Å². The number of rotatable bonds is 3. The number of carbonyl (C=O) groups is 1. The molecule has 1 aliphatic heterocycles. The second-order valence-electron chi connectivity index (χ2n) is 4.87. The molecule has 0 saturated carbocycles. The highest BCUT2D eigenvalue weighted by atomic mass is 79.9. The highest BCUT2D eigenvalue weighted by molar-refractivity contribution is 9.10. The van der Waals surface area contributed by atoms with Gasteiger partial charge >= 0.3 is 0 Å². The predicted molar refractivity (Wildman–Crippen MR) is 80.0 cm³/mol. The fraction of sp³-hybridized carbons (Fsp3) is 0.500. The van der Waals surface area contributed by atoms with Crippen LogP contribution >= 0.6 is 15.9 Å². The van der Waals surface area contributed by atoms with Crippen molar-refractivity contribution in [2.24, 2.45) is 5.73 Å². The first kappa shape index (κ1) is 15.3. The van der Waals surface area contributed by atoms with Gasteiger partial charge in [-0.1, -0.05) is 0 Å². The fourth-order valence-corrected chi connectivity index (χ4v) is 2.70. The van der Waals surface area contributed by atoms with E-state index in [4.69, 9.17) is 15.2 Å². The van der Waals surface area contributed by atoms with E-state index in [1.165, 1.54) is 0 Å². The summed E-state index contributed by atoms with van der Waals surface area (Å²) < 4.78 is 11.5. The number of hydrogen-bond acceptors (Lipinski definition) is 4. The zero-order valence-electron chi connectivity index (χ0n) is 11.6. The molecule has 5 nitrogen and oxygen atoms in total. The Bertz CT molecular complexity index is 493. The van der Waals surface area contributed by atoms with Gasteiger partial charge in [-0.05, 0) is 41.1 Å². The molecule has 2 rings (SSSR count). The van der Waals surface area contributed by atoms with Crippen molar-refractivity contribution < 1.29 is 14.3 Å². The zero-order valence-corrected chi connectivity index (χ0v) is 13.2. The Morgan fingerprint density at radius 3 is 2.95 bits per heavy atom. The van der Waals surface area contributed by atoms with Crippen LogP contribution in [0.3, 0.4) is 0 Å². The van der Waals surface area contributed by atoms with Gasteiger partial charge in [0.1, 0.15) is 5.75 Å². The minimum Gasteiger partial charge on any atom is -0.496 e. The normalized spacial score (nSPS) is 20.6. The van der Waals surface area contributed by atoms with Gasteiger partial charge in [0.15, 0.2) is 0 Å². The van der Waals surface area contributed by atoms with E-state index in [1.807, 2.05) is 6.92 Å². The Kier molecular flexibility index (Phi) is 5.01. The standard InChI is InChI=1S/C14H19BrN2O3/c1-9(16)13-8-17(5-6-20-13)14(18)10-3-4-12(19-2)11(15)7-10/h3-4,7,9,13H,5-6,8,16H2,1-2H3. The molecule has 0 radical (unpaired) electrons. The Morgan fingerprint density at radius 1 is 1.60 bits per heavy atom. The summed E-state index contributed by atoms with van der Waals surface area (Å²) >= 11 is 3.39. The van der Waals surface area contributed by atoms with Crippen molar-refractivity contribution >= 4 is 21.8 Å². The van der Waals surface area contributed by atoms with Crippen LogP contribution in [-0.4, -0.2) is 49.8 Å². The number of nitrogens with two attached hydrogens (primary N) is 1. The van der Waals surface area contributed by atoms with E-state index in [9.17, 15) is 4.79 Å². The van der Waals surface area contributed by atoms with Crippen LogP contribution in [0.2, 0.25) is 0 Å². The summed E-state index contributed by atoms with van der Waals surface area (Å²) in [4.78, 5) is 14.3. The quantitative estimate of drug-likeness (QED) is 0.906. The van der Waals surface area contributed by atoms with Crippen LogP contribution in [0.4, 0.5) is 0 Å². The van der Waals surface area contributed by atoms with Crippen molar-refractivity contribution in [1.29, 1.82) is 0 Å². The smallest absolute Gasteiger partial charge is 0.254 e. The molecule has 110 valence electrons. The summed E-state index contributed by atoms with van der Waals surface area (Å²) in [5, 5.41) is 0. The number of halogens is 1. The third-order valence-electron chi connectivity index (χ3n) is 3.37. The molecule has 1 heterocycles. The molecule has 0 spiro atoms. The third kappa shape index (κ3) is 3.31. The first-order valence-corrected chi connectivity index (χ1v) is 7.32. The van der Waals surface area contributed by atoms with Crippen LogP contribution in [0.5, 0.6) is 5.75 Å². The van der Waals surface area contributed by atoms with Crippen LogP contribution in [-0.2, 0) is 4.74 Å². The molecule has 1 aromatic rings. The van der Waals surface area contributed by atoms with E-state index in [0.717, 1.165) is 4.47 Å². The van der Waals surface area contributed by atoms with Crippen LogP contribution in [0.25, 0.3) is 0 Å². The average molecular weight is 343 g/mol. The minimum atomic E-state index is -0.102. The summed E-state index contributed by atoms with van der Waals surface area (Å²) in [5.41, 5.74) is 6.47. The van der Waals surface area contributed by atoms with E-state index < -0.39 is 0 Å².